The number of benzene rings is 3. The molecule has 0 bridgehead atoms. The maximum absolute atomic E-state index is 13.4. The van der Waals surface area contributed by atoms with Crippen LogP contribution in [0.5, 0.6) is 0 Å². The van der Waals surface area contributed by atoms with Crippen molar-refractivity contribution in [2.24, 2.45) is 0 Å². The number of hydrogen-bond acceptors (Lipinski definition) is 5. The van der Waals surface area contributed by atoms with Crippen LogP contribution in [0.25, 0.3) is 22.3 Å². The van der Waals surface area contributed by atoms with Gasteiger partial charge in [-0.05, 0) is 47.2 Å². The van der Waals surface area contributed by atoms with E-state index in [4.69, 9.17) is 19.1 Å². The Morgan fingerprint density at radius 2 is 1.09 bits per heavy atom. The van der Waals surface area contributed by atoms with E-state index in [9.17, 15) is 4.57 Å². The fourth-order valence-corrected chi connectivity index (χ4v) is 4.28. The minimum absolute atomic E-state index is 0.335. The van der Waals surface area contributed by atoms with Crippen LogP contribution in [-0.2, 0) is 23.7 Å². The van der Waals surface area contributed by atoms with Gasteiger partial charge in [0, 0.05) is 0 Å². The third kappa shape index (κ3) is 6.61. The first-order valence-corrected chi connectivity index (χ1v) is 12.7. The normalized spacial score (nSPS) is 11.6. The lowest BCUT2D eigenvalue weighted by Gasteiger charge is -2.17. The van der Waals surface area contributed by atoms with E-state index < -0.39 is 7.60 Å². The van der Waals surface area contributed by atoms with Crippen molar-refractivity contribution < 1.29 is 23.7 Å². The van der Waals surface area contributed by atoms with Gasteiger partial charge in [-0.25, -0.2) is 14.3 Å². The van der Waals surface area contributed by atoms with Gasteiger partial charge in [-0.1, -0.05) is 93.4 Å². The summed E-state index contributed by atoms with van der Waals surface area (Å²) in [6, 6.07) is 25.7. The molecule has 6 heteroatoms. The number of rotatable bonds is 13. The lowest BCUT2D eigenvalue weighted by atomic mass is 9.95. The van der Waals surface area contributed by atoms with Crippen LogP contribution in [-0.4, -0.2) is 13.2 Å². The van der Waals surface area contributed by atoms with Crippen molar-refractivity contribution in [3.05, 3.63) is 78.9 Å². The highest BCUT2D eigenvalue weighted by molar-refractivity contribution is 7.62. The van der Waals surface area contributed by atoms with E-state index in [2.05, 4.69) is 24.3 Å². The Morgan fingerprint density at radius 1 is 0.625 bits per heavy atom. The van der Waals surface area contributed by atoms with Crippen molar-refractivity contribution in [3.8, 4) is 22.3 Å². The minimum atomic E-state index is -3.78. The molecule has 170 valence electrons. The second kappa shape index (κ2) is 12.7. The Balaban J connectivity index is 1.83. The van der Waals surface area contributed by atoms with Crippen molar-refractivity contribution in [2.75, 3.05) is 13.2 Å². The third-order valence-corrected chi connectivity index (χ3v) is 6.50. The van der Waals surface area contributed by atoms with Crippen molar-refractivity contribution in [1.29, 1.82) is 0 Å². The summed E-state index contributed by atoms with van der Waals surface area (Å²) in [6.45, 7) is 4.75. The zero-order valence-electron chi connectivity index (χ0n) is 18.7. The number of hydrogen-bond donors (Lipinski definition) is 0. The van der Waals surface area contributed by atoms with Crippen molar-refractivity contribution in [3.63, 3.8) is 0 Å². The summed E-state index contributed by atoms with van der Waals surface area (Å²) in [5, 5.41) is 0.381. The minimum Gasteiger partial charge on any atom is -0.250 e. The predicted octanol–water partition coefficient (Wildman–Crippen LogP) is 7.34. The first kappa shape index (κ1) is 24.4. The van der Waals surface area contributed by atoms with Crippen LogP contribution in [0.15, 0.2) is 78.9 Å². The van der Waals surface area contributed by atoms with Gasteiger partial charge in [-0.2, -0.15) is 0 Å². The van der Waals surface area contributed by atoms with Crippen LogP contribution in [0.3, 0.4) is 0 Å². The predicted molar refractivity (Wildman–Crippen MR) is 128 cm³/mol. The quantitative estimate of drug-likeness (QED) is 0.117. The van der Waals surface area contributed by atoms with Gasteiger partial charge in [0.15, 0.2) is 0 Å². The molecule has 0 spiro atoms. The van der Waals surface area contributed by atoms with Gasteiger partial charge in [0.05, 0.1) is 18.5 Å². The topological polar surface area (TPSA) is 54.0 Å². The summed E-state index contributed by atoms with van der Waals surface area (Å²) in [5.74, 6) is 0. The molecule has 0 atom stereocenters. The Morgan fingerprint density at radius 3 is 1.59 bits per heavy atom. The molecule has 0 saturated carbocycles. The fourth-order valence-electron chi connectivity index (χ4n) is 3.15. The Labute approximate surface area is 190 Å². The smallest absolute Gasteiger partial charge is 0.250 e. The zero-order valence-corrected chi connectivity index (χ0v) is 19.6. The average Bonchev–Trinajstić information content (AvgIpc) is 2.85. The van der Waals surface area contributed by atoms with Crippen molar-refractivity contribution in [1.82, 2.24) is 0 Å². The summed E-state index contributed by atoms with van der Waals surface area (Å²) >= 11 is 0. The molecule has 3 aromatic rings. The molecule has 0 saturated heterocycles. The van der Waals surface area contributed by atoms with E-state index >= 15 is 0 Å². The van der Waals surface area contributed by atoms with Crippen LogP contribution in [0.4, 0.5) is 0 Å². The highest BCUT2D eigenvalue weighted by Gasteiger charge is 2.31. The van der Waals surface area contributed by atoms with Crippen LogP contribution in [0.1, 0.15) is 39.5 Å². The van der Waals surface area contributed by atoms with Crippen molar-refractivity contribution >= 4 is 12.9 Å². The molecule has 3 rings (SSSR count). The molecule has 0 aliphatic rings. The lowest BCUT2D eigenvalue weighted by Crippen LogP contribution is -2.12. The third-order valence-electron chi connectivity index (χ3n) is 4.97. The second-order valence-electron chi connectivity index (χ2n) is 7.46. The molecular weight excluding hydrogens is 423 g/mol. The van der Waals surface area contributed by atoms with E-state index in [1.54, 1.807) is 12.1 Å². The Kier molecular flexibility index (Phi) is 9.66. The maximum atomic E-state index is 13.4. The van der Waals surface area contributed by atoms with Gasteiger partial charge >= 0.3 is 7.60 Å². The van der Waals surface area contributed by atoms with E-state index in [1.165, 1.54) is 0 Å². The monoisotopic (exact) mass is 454 g/mol. The van der Waals surface area contributed by atoms with E-state index in [0.29, 0.717) is 18.5 Å². The second-order valence-corrected chi connectivity index (χ2v) is 9.27. The van der Waals surface area contributed by atoms with Crippen LogP contribution in [0, 0.1) is 0 Å². The zero-order chi connectivity index (χ0) is 22.7. The van der Waals surface area contributed by atoms with Crippen LogP contribution in [0.2, 0.25) is 0 Å². The van der Waals surface area contributed by atoms with Gasteiger partial charge in [-0.3, -0.25) is 0 Å². The average molecular weight is 455 g/mol. The molecule has 0 fully saturated rings. The van der Waals surface area contributed by atoms with E-state index in [-0.39, 0.29) is 0 Å². The molecule has 0 heterocycles. The summed E-state index contributed by atoms with van der Waals surface area (Å²) in [6.07, 6.45) is 3.48. The summed E-state index contributed by atoms with van der Waals surface area (Å²) in [5.41, 5.74) is 4.35. The van der Waals surface area contributed by atoms with Crippen LogP contribution >= 0.6 is 7.60 Å². The van der Waals surface area contributed by atoms with Gasteiger partial charge in [0.2, 0.25) is 0 Å². The van der Waals surface area contributed by atoms with E-state index in [1.807, 2.05) is 56.3 Å². The molecule has 0 N–H and O–H groups in total. The molecular formula is C26H31O5P. The van der Waals surface area contributed by atoms with Gasteiger partial charge in [-0.15, -0.1) is 9.35 Å². The lowest BCUT2D eigenvalue weighted by molar-refractivity contribution is -0.264. The molecule has 0 aliphatic heterocycles. The standard InChI is InChI=1S/C26H31O5P/c1-3-5-20-28-30-32(27,31-29-21-6-4-2)24-18-16-23(17-19-24)26-15-11-10-14-25(26)22-12-8-7-9-13-22/h7-19H,3-6,20-21H2,1-2H3. The molecule has 5 nitrogen and oxygen atoms in total. The fraction of sp³-hybridized carbons (Fsp3) is 0.308. The first-order chi connectivity index (χ1) is 15.7. The maximum Gasteiger partial charge on any atom is 0.414 e. The summed E-state index contributed by atoms with van der Waals surface area (Å²) in [4.78, 5) is 10.3. The molecule has 0 amide bonds. The highest BCUT2D eigenvalue weighted by atomic mass is 31.2. The van der Waals surface area contributed by atoms with E-state index in [0.717, 1.165) is 47.9 Å². The van der Waals surface area contributed by atoms with Gasteiger partial charge in [0.1, 0.15) is 0 Å². The van der Waals surface area contributed by atoms with Gasteiger partial charge < -0.3 is 0 Å². The molecule has 3 aromatic carbocycles. The first-order valence-electron chi connectivity index (χ1n) is 11.2. The Hall–Kier alpha value is -2.27. The SMILES string of the molecule is CCCCOOP(=O)(OOCCCC)c1ccc(-c2ccccc2-c2ccccc2)cc1. The van der Waals surface area contributed by atoms with Crippen LogP contribution < -0.4 is 5.30 Å². The molecule has 0 unspecified atom stereocenters. The molecule has 32 heavy (non-hydrogen) atoms. The largest absolute Gasteiger partial charge is 0.414 e. The summed E-state index contributed by atoms with van der Waals surface area (Å²) < 4.78 is 23.9. The van der Waals surface area contributed by atoms with Crippen molar-refractivity contribution in [2.45, 2.75) is 39.5 Å². The number of unbranched alkanes of at least 4 members (excludes halogenated alkanes) is 2. The van der Waals surface area contributed by atoms with Gasteiger partial charge in [0.25, 0.3) is 0 Å². The Bertz CT molecular complexity index is 973. The molecule has 0 aliphatic carbocycles. The molecule has 0 aromatic heterocycles. The molecule has 0 radical (unpaired) electrons. The summed E-state index contributed by atoms with van der Waals surface area (Å²) in [7, 11) is -3.78. The highest BCUT2D eigenvalue weighted by Crippen LogP contribution is 2.48.